The number of benzene rings is 5. The number of rotatable bonds is 4. The van der Waals surface area contributed by atoms with Crippen molar-refractivity contribution in [2.45, 2.75) is 43.9 Å². The van der Waals surface area contributed by atoms with Crippen LogP contribution in [0.1, 0.15) is 53.2 Å². The van der Waals surface area contributed by atoms with Gasteiger partial charge in [0.2, 0.25) is 0 Å². The zero-order valence-corrected chi connectivity index (χ0v) is 30.1. The normalized spacial score (nSPS) is 22.4. The first-order valence-corrected chi connectivity index (χ1v) is 27.5. The van der Waals surface area contributed by atoms with E-state index in [4.69, 9.17) is 0 Å². The van der Waals surface area contributed by atoms with E-state index in [9.17, 15) is 0 Å². The van der Waals surface area contributed by atoms with Crippen LogP contribution < -0.4 is 0 Å². The molecule has 0 spiro atoms. The first-order chi connectivity index (χ1) is 21.3. The molecule has 1 aliphatic heterocycles. The fourth-order valence-electron chi connectivity index (χ4n) is 9.03. The summed E-state index contributed by atoms with van der Waals surface area (Å²) in [6.45, 7) is 6.99. The molecule has 0 radical (unpaired) electrons. The van der Waals surface area contributed by atoms with Crippen molar-refractivity contribution in [3.05, 3.63) is 165 Å². The van der Waals surface area contributed by atoms with Crippen molar-refractivity contribution in [3.8, 4) is 22.3 Å². The molecule has 2 atom stereocenters. The van der Waals surface area contributed by atoms with Crippen molar-refractivity contribution < 1.29 is 20.0 Å². The standard InChI is InChI=1S/C41H34.2CH3.Hf/c1-28-11-7-15-31(21-28)37-19-9-17-33-23-35(25-39(33)37)41(3,27-30-13-5-4-6-14-30)36-24-34-18-10-20-38(40(34)26-36)32-16-8-12-29(2)22-32;;;/h4-26H,27H2,1-3H3;2*1H3;. The fraction of sp³-hybridized carbons (Fsp3) is 0.209. The Hall–Kier alpha value is -3.55. The monoisotopic (exact) mass is 736 g/mol. The molecule has 0 N–H and O–H groups in total. The summed E-state index contributed by atoms with van der Waals surface area (Å²) in [4.78, 5) is 0. The Labute approximate surface area is 267 Å². The van der Waals surface area contributed by atoms with Crippen LogP contribution in [-0.4, -0.2) is 0 Å². The Balaban J connectivity index is 1.38. The molecule has 1 heteroatoms. The first-order valence-electron chi connectivity index (χ1n) is 16.1. The number of aryl methyl sites for hydroxylation is 2. The Morgan fingerprint density at radius 3 is 1.52 bits per heavy atom. The van der Waals surface area contributed by atoms with Crippen molar-refractivity contribution in [3.63, 3.8) is 0 Å². The Morgan fingerprint density at radius 2 is 1.05 bits per heavy atom. The molecular formula is C43H40Hf. The van der Waals surface area contributed by atoms with E-state index < -0.39 is 20.0 Å². The third-order valence-electron chi connectivity index (χ3n) is 10.9. The Morgan fingerprint density at radius 1 is 0.568 bits per heavy atom. The van der Waals surface area contributed by atoms with Gasteiger partial charge in [0.1, 0.15) is 0 Å². The molecule has 2 unspecified atom stereocenters. The van der Waals surface area contributed by atoms with Crippen LogP contribution in [0.15, 0.2) is 126 Å². The molecule has 1 heterocycles. The van der Waals surface area contributed by atoms with Crippen LogP contribution in [-0.2, 0) is 26.4 Å². The summed E-state index contributed by atoms with van der Waals surface area (Å²) in [5, 5.41) is 0. The van der Waals surface area contributed by atoms with Gasteiger partial charge in [-0.2, -0.15) is 0 Å². The number of fused-ring (bicyclic) bond motifs is 6. The molecule has 216 valence electrons. The van der Waals surface area contributed by atoms with E-state index in [1.54, 1.807) is 22.3 Å². The van der Waals surface area contributed by atoms with Crippen LogP contribution in [0.4, 0.5) is 0 Å². The molecule has 8 rings (SSSR count). The van der Waals surface area contributed by atoms with Crippen LogP contribution in [0, 0.1) is 19.3 Å². The van der Waals surface area contributed by atoms with Gasteiger partial charge in [-0.1, -0.05) is 0 Å². The van der Waals surface area contributed by atoms with E-state index in [-0.39, 0.29) is 5.41 Å². The molecule has 0 aromatic heterocycles. The molecule has 0 saturated carbocycles. The van der Waals surface area contributed by atoms with Crippen LogP contribution in [0.5, 0.6) is 0 Å². The quantitative estimate of drug-likeness (QED) is 0.161. The topological polar surface area (TPSA) is 0 Å². The van der Waals surface area contributed by atoms with Gasteiger partial charge in [-0.05, 0) is 0 Å². The van der Waals surface area contributed by atoms with Crippen molar-refractivity contribution in [2.24, 2.45) is 5.41 Å². The molecule has 5 aromatic carbocycles. The maximum atomic E-state index is 2.76. The summed E-state index contributed by atoms with van der Waals surface area (Å²) in [5.74, 6) is 0. The van der Waals surface area contributed by atoms with Crippen LogP contribution in [0.2, 0.25) is 9.36 Å². The Kier molecular flexibility index (Phi) is 6.51. The summed E-state index contributed by atoms with van der Waals surface area (Å²) in [6, 6.07) is 43.7. The third-order valence-corrected chi connectivity index (χ3v) is 26.1. The van der Waals surface area contributed by atoms with Crippen molar-refractivity contribution in [2.75, 3.05) is 0 Å². The van der Waals surface area contributed by atoms with Gasteiger partial charge in [-0.25, -0.2) is 0 Å². The molecular weight excluding hydrogens is 695 g/mol. The number of allylic oxidation sites excluding steroid dienone is 2. The molecule has 44 heavy (non-hydrogen) atoms. The average molecular weight is 735 g/mol. The molecule has 5 aromatic rings. The van der Waals surface area contributed by atoms with Gasteiger partial charge in [-0.15, -0.1) is 0 Å². The van der Waals surface area contributed by atoms with Gasteiger partial charge < -0.3 is 0 Å². The number of hydrogen-bond acceptors (Lipinski definition) is 0. The first kappa shape index (κ1) is 28.0. The van der Waals surface area contributed by atoms with E-state index in [2.05, 4.69) is 158 Å². The summed E-state index contributed by atoms with van der Waals surface area (Å²) in [7, 11) is 0. The van der Waals surface area contributed by atoms with E-state index >= 15 is 0 Å². The molecule has 1 fully saturated rings. The second kappa shape index (κ2) is 10.2. The predicted octanol–water partition coefficient (Wildman–Crippen LogP) is 11.7. The van der Waals surface area contributed by atoms with E-state index in [0.29, 0.717) is 7.35 Å². The molecule has 2 aliphatic carbocycles. The second-order valence-electron chi connectivity index (χ2n) is 14.2. The second-order valence-corrected chi connectivity index (χ2v) is 31.5. The van der Waals surface area contributed by atoms with Gasteiger partial charge >= 0.3 is 269 Å². The van der Waals surface area contributed by atoms with E-state index in [1.807, 2.05) is 0 Å². The van der Waals surface area contributed by atoms with Crippen molar-refractivity contribution in [1.29, 1.82) is 0 Å². The SMILES string of the molecule is Cc1cccc(-c2cccc3c2C=C2[CH]3[Hf]([CH3])([CH3])[CH]3C(=Cc4c(-c5cccc(C)c5)cccc43)C2(C)Cc2ccccc2)c1. The average Bonchev–Trinajstić information content (AvgIpc) is 3.63. The third kappa shape index (κ3) is 4.19. The molecule has 0 nitrogen and oxygen atoms in total. The van der Waals surface area contributed by atoms with Crippen LogP contribution >= 0.6 is 0 Å². The predicted molar refractivity (Wildman–Crippen MR) is 185 cm³/mol. The zero-order valence-electron chi connectivity index (χ0n) is 26.5. The summed E-state index contributed by atoms with van der Waals surface area (Å²) in [5.41, 5.74) is 18.9. The van der Waals surface area contributed by atoms with Crippen LogP contribution in [0.3, 0.4) is 0 Å². The fourth-order valence-corrected chi connectivity index (χ4v) is 26.4. The molecule has 0 bridgehead atoms. The van der Waals surface area contributed by atoms with Crippen molar-refractivity contribution in [1.82, 2.24) is 0 Å². The van der Waals surface area contributed by atoms with Gasteiger partial charge in [-0.3, -0.25) is 0 Å². The van der Waals surface area contributed by atoms with Gasteiger partial charge in [0.05, 0.1) is 0 Å². The van der Waals surface area contributed by atoms with Crippen molar-refractivity contribution >= 4 is 12.2 Å². The summed E-state index contributed by atoms with van der Waals surface area (Å²) >= 11 is -3.14. The molecule has 1 saturated heterocycles. The van der Waals surface area contributed by atoms with E-state index in [1.165, 1.54) is 50.1 Å². The zero-order chi connectivity index (χ0) is 30.2. The van der Waals surface area contributed by atoms with Gasteiger partial charge in [0, 0.05) is 0 Å². The minimum atomic E-state index is -3.14. The number of hydrogen-bond donors (Lipinski definition) is 0. The van der Waals surface area contributed by atoms with Gasteiger partial charge in [0.15, 0.2) is 0 Å². The summed E-state index contributed by atoms with van der Waals surface area (Å²) in [6.07, 6.45) is 6.34. The summed E-state index contributed by atoms with van der Waals surface area (Å²) < 4.78 is 6.64. The maximum absolute atomic E-state index is 3.14. The minimum absolute atomic E-state index is 0.0575. The molecule has 0 amide bonds. The van der Waals surface area contributed by atoms with Crippen LogP contribution in [0.25, 0.3) is 34.4 Å². The van der Waals surface area contributed by atoms with Gasteiger partial charge in [0.25, 0.3) is 0 Å². The Bertz CT molecular complexity index is 1880. The van der Waals surface area contributed by atoms with E-state index in [0.717, 1.165) is 6.42 Å². The molecule has 3 aliphatic rings.